The Hall–Kier alpha value is -1.95. The monoisotopic (exact) mass is 286 g/mol. The van der Waals surface area contributed by atoms with Gasteiger partial charge in [-0.05, 0) is 56.4 Å². The molecule has 0 radical (unpaired) electrons. The topological polar surface area (TPSA) is 50.1 Å². The number of aromatic nitrogens is 4. The highest BCUT2D eigenvalue weighted by molar-refractivity contribution is 5.42. The van der Waals surface area contributed by atoms with Gasteiger partial charge in [-0.1, -0.05) is 22.8 Å². The van der Waals surface area contributed by atoms with Crippen LogP contribution in [-0.4, -0.2) is 58.3 Å². The maximum absolute atomic E-state index is 4.24. The van der Waals surface area contributed by atoms with E-state index >= 15 is 0 Å². The average Bonchev–Trinajstić information content (AvgIpc) is 2.97. The maximum atomic E-state index is 4.24. The number of hydrogen-bond donors (Lipinski definition) is 0. The Kier molecular flexibility index (Phi) is 3.88. The number of likely N-dealkylation sites (N-methyl/N-ethyl adjacent to an activating group) is 1. The number of nitrogens with zero attached hydrogens (tertiary/aromatic N) is 6. The number of anilines is 1. The van der Waals surface area contributed by atoms with Crippen molar-refractivity contribution < 1.29 is 0 Å². The number of hydrogen-bond acceptors (Lipinski definition) is 5. The summed E-state index contributed by atoms with van der Waals surface area (Å²) in [5, 5.41) is 12.3. The van der Waals surface area contributed by atoms with Crippen molar-refractivity contribution in [3.8, 4) is 5.69 Å². The molecular formula is C15H22N6. The first-order valence-corrected chi connectivity index (χ1v) is 7.42. The molecule has 2 heterocycles. The molecule has 1 aliphatic rings. The van der Waals surface area contributed by atoms with E-state index in [4.69, 9.17) is 0 Å². The zero-order chi connectivity index (χ0) is 14.8. The molecule has 1 aromatic heterocycles. The lowest BCUT2D eigenvalue weighted by atomic mass is 10.1. The molecule has 6 nitrogen and oxygen atoms in total. The number of piperidine rings is 1. The van der Waals surface area contributed by atoms with Crippen molar-refractivity contribution in [1.82, 2.24) is 25.1 Å². The fourth-order valence-electron chi connectivity index (χ4n) is 2.79. The van der Waals surface area contributed by atoms with Crippen molar-refractivity contribution in [2.45, 2.75) is 25.8 Å². The smallest absolute Gasteiger partial charge is 0.250 e. The Morgan fingerprint density at radius 1 is 1.19 bits per heavy atom. The number of rotatable bonds is 3. The van der Waals surface area contributed by atoms with Gasteiger partial charge in [0.2, 0.25) is 5.95 Å². The first-order chi connectivity index (χ1) is 10.1. The maximum Gasteiger partial charge on any atom is 0.250 e. The van der Waals surface area contributed by atoms with Gasteiger partial charge in [0.05, 0.1) is 5.69 Å². The van der Waals surface area contributed by atoms with Crippen LogP contribution in [0.25, 0.3) is 5.69 Å². The van der Waals surface area contributed by atoms with Gasteiger partial charge in [0.15, 0.2) is 0 Å². The largest absolute Gasteiger partial charge is 0.338 e. The minimum atomic E-state index is 0.557. The average molecular weight is 286 g/mol. The molecule has 0 amide bonds. The second kappa shape index (κ2) is 5.81. The van der Waals surface area contributed by atoms with E-state index in [9.17, 15) is 0 Å². The molecule has 0 saturated carbocycles. The molecule has 1 unspecified atom stereocenters. The molecule has 2 aromatic rings. The minimum Gasteiger partial charge on any atom is -0.338 e. The molecule has 1 fully saturated rings. The van der Waals surface area contributed by atoms with Gasteiger partial charge in [-0.2, -0.15) is 4.68 Å². The lowest BCUT2D eigenvalue weighted by Crippen LogP contribution is -2.46. The van der Waals surface area contributed by atoms with Crippen molar-refractivity contribution in [1.29, 1.82) is 0 Å². The molecule has 0 aliphatic carbocycles. The Labute approximate surface area is 125 Å². The fourth-order valence-corrected chi connectivity index (χ4v) is 2.79. The van der Waals surface area contributed by atoms with Crippen LogP contribution in [0.4, 0.5) is 5.95 Å². The predicted octanol–water partition coefficient (Wildman–Crippen LogP) is 1.50. The van der Waals surface area contributed by atoms with Crippen molar-refractivity contribution in [2.75, 3.05) is 32.1 Å². The Morgan fingerprint density at radius 2 is 1.95 bits per heavy atom. The summed E-state index contributed by atoms with van der Waals surface area (Å²) in [7, 11) is 4.27. The van der Waals surface area contributed by atoms with Gasteiger partial charge in [0.1, 0.15) is 0 Å². The normalized spacial score (nSPS) is 19.2. The molecule has 0 bridgehead atoms. The van der Waals surface area contributed by atoms with Gasteiger partial charge in [-0.25, -0.2) is 0 Å². The standard InChI is InChI=1S/C15H22N6/c1-12-6-8-13(9-7-12)21-15(16-17-18-21)20-10-4-5-14(11-20)19(2)3/h6-9,14H,4-5,10-11H2,1-3H3. The van der Waals surface area contributed by atoms with Gasteiger partial charge in [-0.3, -0.25) is 0 Å². The van der Waals surface area contributed by atoms with E-state index in [0.29, 0.717) is 6.04 Å². The quantitative estimate of drug-likeness (QED) is 0.856. The SMILES string of the molecule is Cc1ccc(-n2nnnc2N2CCCC(N(C)C)C2)cc1. The lowest BCUT2D eigenvalue weighted by Gasteiger charge is -2.36. The Morgan fingerprint density at radius 3 is 2.67 bits per heavy atom. The van der Waals surface area contributed by atoms with E-state index in [0.717, 1.165) is 24.7 Å². The molecule has 1 atom stereocenters. The summed E-state index contributed by atoms with van der Waals surface area (Å²) in [6, 6.07) is 8.84. The third kappa shape index (κ3) is 2.90. The third-order valence-electron chi connectivity index (χ3n) is 4.14. The summed E-state index contributed by atoms with van der Waals surface area (Å²) in [5.74, 6) is 0.838. The van der Waals surface area contributed by atoms with Crippen LogP contribution in [0.3, 0.4) is 0 Å². The molecule has 0 N–H and O–H groups in total. The van der Waals surface area contributed by atoms with Gasteiger partial charge >= 0.3 is 0 Å². The second-order valence-electron chi connectivity index (χ2n) is 5.93. The third-order valence-corrected chi connectivity index (χ3v) is 4.14. The highest BCUT2D eigenvalue weighted by Gasteiger charge is 2.25. The summed E-state index contributed by atoms with van der Waals surface area (Å²) in [5.41, 5.74) is 2.24. The zero-order valence-corrected chi connectivity index (χ0v) is 12.9. The van der Waals surface area contributed by atoms with E-state index in [1.165, 1.54) is 18.4 Å². The first kappa shape index (κ1) is 14.0. The van der Waals surface area contributed by atoms with Gasteiger partial charge in [0, 0.05) is 19.1 Å². The van der Waals surface area contributed by atoms with Crippen LogP contribution in [0, 0.1) is 6.92 Å². The van der Waals surface area contributed by atoms with Crippen molar-refractivity contribution in [3.63, 3.8) is 0 Å². The summed E-state index contributed by atoms with van der Waals surface area (Å²) in [4.78, 5) is 4.57. The molecule has 112 valence electrons. The van der Waals surface area contributed by atoms with Crippen LogP contribution in [0.5, 0.6) is 0 Å². The van der Waals surface area contributed by atoms with Crippen molar-refractivity contribution in [2.24, 2.45) is 0 Å². The van der Waals surface area contributed by atoms with Crippen LogP contribution >= 0.6 is 0 Å². The van der Waals surface area contributed by atoms with Crippen LogP contribution in [-0.2, 0) is 0 Å². The van der Waals surface area contributed by atoms with Gasteiger partial charge in [-0.15, -0.1) is 0 Å². The molecule has 3 rings (SSSR count). The summed E-state index contributed by atoms with van der Waals surface area (Å²) >= 11 is 0. The molecule has 0 spiro atoms. The lowest BCUT2D eigenvalue weighted by molar-refractivity contribution is 0.256. The van der Waals surface area contributed by atoms with Crippen LogP contribution in [0.1, 0.15) is 18.4 Å². The number of aryl methyl sites for hydroxylation is 1. The molecular weight excluding hydrogens is 264 g/mol. The summed E-state index contributed by atoms with van der Waals surface area (Å²) < 4.78 is 1.83. The first-order valence-electron chi connectivity index (χ1n) is 7.42. The number of tetrazole rings is 1. The highest BCUT2D eigenvalue weighted by Crippen LogP contribution is 2.21. The second-order valence-corrected chi connectivity index (χ2v) is 5.93. The Bertz CT molecular complexity index is 588. The molecule has 1 saturated heterocycles. The zero-order valence-electron chi connectivity index (χ0n) is 12.9. The van der Waals surface area contributed by atoms with Crippen LogP contribution in [0.15, 0.2) is 24.3 Å². The van der Waals surface area contributed by atoms with E-state index in [-0.39, 0.29) is 0 Å². The summed E-state index contributed by atoms with van der Waals surface area (Å²) in [6.45, 7) is 4.06. The fraction of sp³-hybridized carbons (Fsp3) is 0.533. The van der Waals surface area contributed by atoms with E-state index in [1.54, 1.807) is 0 Å². The van der Waals surface area contributed by atoms with Crippen LogP contribution in [0.2, 0.25) is 0 Å². The predicted molar refractivity (Wildman–Crippen MR) is 82.8 cm³/mol. The van der Waals surface area contributed by atoms with E-state index in [2.05, 4.69) is 70.6 Å². The van der Waals surface area contributed by atoms with Gasteiger partial charge < -0.3 is 9.80 Å². The minimum absolute atomic E-state index is 0.557. The molecule has 1 aliphatic heterocycles. The highest BCUT2D eigenvalue weighted by atomic mass is 15.6. The number of benzene rings is 1. The van der Waals surface area contributed by atoms with Crippen molar-refractivity contribution >= 4 is 5.95 Å². The summed E-state index contributed by atoms with van der Waals surface area (Å²) in [6.07, 6.45) is 2.40. The van der Waals surface area contributed by atoms with Gasteiger partial charge in [0.25, 0.3) is 0 Å². The molecule has 1 aromatic carbocycles. The molecule has 6 heteroatoms. The van der Waals surface area contributed by atoms with E-state index < -0.39 is 0 Å². The Balaban J connectivity index is 1.86. The van der Waals surface area contributed by atoms with E-state index in [1.807, 2.05) is 4.68 Å². The van der Waals surface area contributed by atoms with Crippen LogP contribution < -0.4 is 4.90 Å². The molecule has 21 heavy (non-hydrogen) atoms. The van der Waals surface area contributed by atoms with Crippen molar-refractivity contribution in [3.05, 3.63) is 29.8 Å².